The second-order valence-electron chi connectivity index (χ2n) is 5.83. The highest BCUT2D eigenvalue weighted by Gasteiger charge is 2.24. The second-order valence-corrected chi connectivity index (χ2v) is 7.61. The molecule has 3 aromatic rings. The maximum Gasteiger partial charge on any atom is 0.273 e. The van der Waals surface area contributed by atoms with Gasteiger partial charge in [0.15, 0.2) is 0 Å². The molecule has 0 aliphatic rings. The maximum absolute atomic E-state index is 13.2. The minimum Gasteiger partial charge on any atom is -0.492 e. The number of fused-ring (bicyclic) bond motifs is 1. The molecule has 0 N–H and O–H groups in total. The first-order valence-corrected chi connectivity index (χ1v) is 9.33. The van der Waals surface area contributed by atoms with E-state index < -0.39 is 10.0 Å². The molecule has 6 heteroatoms. The molecule has 0 radical (unpaired) electrons. The fraction of sp³-hybridized carbons (Fsp3) is 0.278. The summed E-state index contributed by atoms with van der Waals surface area (Å²) in [5.74, 6) is 0.578. The van der Waals surface area contributed by atoms with Crippen molar-refractivity contribution in [1.82, 2.24) is 8.96 Å². The van der Waals surface area contributed by atoms with Crippen LogP contribution in [0.15, 0.2) is 53.7 Å². The van der Waals surface area contributed by atoms with Crippen molar-refractivity contribution in [1.29, 1.82) is 0 Å². The van der Waals surface area contributed by atoms with Crippen molar-refractivity contribution in [3.05, 3.63) is 54.4 Å². The highest BCUT2D eigenvalue weighted by Crippen LogP contribution is 2.31. The number of imidazole rings is 1. The molecule has 5 nitrogen and oxygen atoms in total. The smallest absolute Gasteiger partial charge is 0.273 e. The van der Waals surface area contributed by atoms with E-state index in [4.69, 9.17) is 4.74 Å². The minimum absolute atomic E-state index is 0.165. The van der Waals surface area contributed by atoms with Gasteiger partial charge in [-0.1, -0.05) is 32.0 Å². The Hall–Kier alpha value is -2.34. The molecule has 1 aromatic heterocycles. The van der Waals surface area contributed by atoms with Crippen LogP contribution in [0.4, 0.5) is 0 Å². The molecule has 1 heterocycles. The predicted octanol–water partition coefficient (Wildman–Crippen LogP) is 3.80. The number of nitrogens with zero attached hydrogens (tertiary/aromatic N) is 2. The Labute approximate surface area is 142 Å². The molecule has 0 spiro atoms. The van der Waals surface area contributed by atoms with Crippen LogP contribution in [0.3, 0.4) is 0 Å². The zero-order chi connectivity index (χ0) is 17.3. The maximum atomic E-state index is 13.2. The summed E-state index contributed by atoms with van der Waals surface area (Å²) in [5.41, 5.74) is 2.13. The molecule has 24 heavy (non-hydrogen) atoms. The van der Waals surface area contributed by atoms with Gasteiger partial charge in [0.05, 0.1) is 17.6 Å². The van der Waals surface area contributed by atoms with Gasteiger partial charge in [0, 0.05) is 0 Å². The second kappa shape index (κ2) is 6.28. The Morgan fingerprint density at radius 2 is 1.92 bits per heavy atom. The Morgan fingerprint density at radius 3 is 2.62 bits per heavy atom. The van der Waals surface area contributed by atoms with Crippen LogP contribution in [0.5, 0.6) is 5.75 Å². The van der Waals surface area contributed by atoms with Gasteiger partial charge in [-0.05, 0) is 42.7 Å². The number of hydrogen-bond acceptors (Lipinski definition) is 4. The summed E-state index contributed by atoms with van der Waals surface area (Å²) >= 11 is 0. The number of rotatable bonds is 5. The van der Waals surface area contributed by atoms with Crippen molar-refractivity contribution < 1.29 is 13.2 Å². The fourth-order valence-electron chi connectivity index (χ4n) is 2.59. The Balaban J connectivity index is 2.23. The third-order valence-electron chi connectivity index (χ3n) is 3.89. The largest absolute Gasteiger partial charge is 0.492 e. The van der Waals surface area contributed by atoms with Gasteiger partial charge in [0.2, 0.25) is 0 Å². The lowest BCUT2D eigenvalue weighted by atomic mass is 10.0. The van der Waals surface area contributed by atoms with Gasteiger partial charge in [0.25, 0.3) is 10.0 Å². The van der Waals surface area contributed by atoms with E-state index in [2.05, 4.69) is 4.98 Å². The van der Waals surface area contributed by atoms with Crippen LogP contribution in [-0.4, -0.2) is 24.0 Å². The first-order valence-electron chi connectivity index (χ1n) is 7.89. The summed E-state index contributed by atoms with van der Waals surface area (Å²) in [6, 6.07) is 12.5. The SMILES string of the molecule is CCOc1ccc(C(C)C)cc1S(=O)(=O)n1cnc2ccccc21. The van der Waals surface area contributed by atoms with E-state index in [0.29, 0.717) is 23.4 Å². The van der Waals surface area contributed by atoms with E-state index in [0.717, 1.165) is 5.56 Å². The summed E-state index contributed by atoms with van der Waals surface area (Å²) in [5, 5.41) is 0. The molecule has 0 saturated heterocycles. The van der Waals surface area contributed by atoms with Crippen molar-refractivity contribution in [2.24, 2.45) is 0 Å². The first-order chi connectivity index (χ1) is 11.4. The highest BCUT2D eigenvalue weighted by molar-refractivity contribution is 7.90. The van der Waals surface area contributed by atoms with Crippen LogP contribution in [0, 0.1) is 0 Å². The average Bonchev–Trinajstić information content (AvgIpc) is 3.00. The van der Waals surface area contributed by atoms with Crippen LogP contribution in [-0.2, 0) is 10.0 Å². The zero-order valence-electron chi connectivity index (χ0n) is 13.9. The molecule has 0 bridgehead atoms. The average molecular weight is 344 g/mol. The summed E-state index contributed by atoms with van der Waals surface area (Å²) in [4.78, 5) is 4.35. The lowest BCUT2D eigenvalue weighted by Gasteiger charge is -2.15. The number of benzene rings is 2. The van der Waals surface area contributed by atoms with Crippen molar-refractivity contribution in [2.45, 2.75) is 31.6 Å². The van der Waals surface area contributed by atoms with Gasteiger partial charge < -0.3 is 4.74 Å². The lowest BCUT2D eigenvalue weighted by Crippen LogP contribution is -2.14. The molecule has 0 fully saturated rings. The van der Waals surface area contributed by atoms with E-state index in [9.17, 15) is 8.42 Å². The summed E-state index contributed by atoms with van der Waals surface area (Å²) in [6.45, 7) is 6.28. The third-order valence-corrected chi connectivity index (χ3v) is 5.58. The monoisotopic (exact) mass is 344 g/mol. The Morgan fingerprint density at radius 1 is 1.17 bits per heavy atom. The quantitative estimate of drug-likeness (QED) is 0.706. The Bertz CT molecular complexity index is 975. The third kappa shape index (κ3) is 2.78. The molecule has 3 rings (SSSR count). The minimum atomic E-state index is -3.80. The molecule has 2 aromatic carbocycles. The normalized spacial score (nSPS) is 12.0. The molecule has 0 atom stereocenters. The number of para-hydroxylation sites is 2. The fourth-order valence-corrected chi connectivity index (χ4v) is 4.06. The molecule has 0 saturated carbocycles. The van der Waals surface area contributed by atoms with E-state index in [1.807, 2.05) is 32.9 Å². The number of ether oxygens (including phenoxy) is 1. The van der Waals surface area contributed by atoms with Gasteiger partial charge in [-0.3, -0.25) is 0 Å². The molecule has 0 aliphatic heterocycles. The molecule has 0 unspecified atom stereocenters. The predicted molar refractivity (Wildman–Crippen MR) is 94.0 cm³/mol. The number of hydrogen-bond donors (Lipinski definition) is 0. The van der Waals surface area contributed by atoms with Crippen LogP contribution in [0.2, 0.25) is 0 Å². The topological polar surface area (TPSA) is 61.2 Å². The van der Waals surface area contributed by atoms with E-state index in [-0.39, 0.29) is 10.8 Å². The van der Waals surface area contributed by atoms with Crippen molar-refractivity contribution in [3.8, 4) is 5.75 Å². The lowest BCUT2D eigenvalue weighted by molar-refractivity contribution is 0.331. The van der Waals surface area contributed by atoms with Crippen molar-refractivity contribution >= 4 is 21.1 Å². The summed E-state index contributed by atoms with van der Waals surface area (Å²) in [6.07, 6.45) is 1.35. The highest BCUT2D eigenvalue weighted by atomic mass is 32.2. The van der Waals surface area contributed by atoms with Gasteiger partial charge >= 0.3 is 0 Å². The Kier molecular flexibility index (Phi) is 4.32. The first kappa shape index (κ1) is 16.5. The van der Waals surface area contributed by atoms with Gasteiger partial charge in [0.1, 0.15) is 17.0 Å². The van der Waals surface area contributed by atoms with Crippen LogP contribution < -0.4 is 4.74 Å². The molecular weight excluding hydrogens is 324 g/mol. The van der Waals surface area contributed by atoms with Crippen molar-refractivity contribution in [3.63, 3.8) is 0 Å². The van der Waals surface area contributed by atoms with E-state index >= 15 is 0 Å². The zero-order valence-corrected chi connectivity index (χ0v) is 14.7. The van der Waals surface area contributed by atoms with Gasteiger partial charge in [-0.25, -0.2) is 17.4 Å². The summed E-state index contributed by atoms with van der Waals surface area (Å²) < 4.78 is 33.2. The van der Waals surface area contributed by atoms with Gasteiger partial charge in [-0.15, -0.1) is 0 Å². The molecule has 0 amide bonds. The standard InChI is InChI=1S/C18H20N2O3S/c1-4-23-17-10-9-14(13(2)3)11-18(17)24(21,22)20-12-19-15-7-5-6-8-16(15)20/h5-13H,4H2,1-3H3. The van der Waals surface area contributed by atoms with E-state index in [1.54, 1.807) is 30.3 Å². The summed E-state index contributed by atoms with van der Waals surface area (Å²) in [7, 11) is -3.80. The van der Waals surface area contributed by atoms with Crippen LogP contribution >= 0.6 is 0 Å². The van der Waals surface area contributed by atoms with E-state index in [1.165, 1.54) is 10.3 Å². The van der Waals surface area contributed by atoms with Crippen molar-refractivity contribution in [2.75, 3.05) is 6.61 Å². The molecule has 0 aliphatic carbocycles. The molecule has 126 valence electrons. The number of aromatic nitrogens is 2. The van der Waals surface area contributed by atoms with Crippen LogP contribution in [0.25, 0.3) is 11.0 Å². The van der Waals surface area contributed by atoms with Gasteiger partial charge in [-0.2, -0.15) is 0 Å². The molecular formula is C18H20N2O3S. The van der Waals surface area contributed by atoms with Crippen LogP contribution in [0.1, 0.15) is 32.3 Å².